The maximum Gasteiger partial charge on any atom is 0.325 e. The van der Waals surface area contributed by atoms with Crippen LogP contribution in [-0.2, 0) is 16.1 Å². The molecule has 1 amide bonds. The number of carboxylic acid groups (broad SMARTS) is 1. The van der Waals surface area contributed by atoms with Crippen molar-refractivity contribution in [3.05, 3.63) is 11.9 Å². The Balaban J connectivity index is 1.85. The minimum Gasteiger partial charge on any atom is -0.480 e. The van der Waals surface area contributed by atoms with Gasteiger partial charge in [0.25, 0.3) is 5.91 Å². The largest absolute Gasteiger partial charge is 0.480 e. The molecule has 8 nitrogen and oxygen atoms in total. The van der Waals surface area contributed by atoms with Gasteiger partial charge < -0.3 is 15.2 Å². The van der Waals surface area contributed by atoms with Gasteiger partial charge in [0.15, 0.2) is 5.69 Å². The minimum atomic E-state index is -1.03. The highest BCUT2D eigenvalue weighted by molar-refractivity contribution is 5.92. The average molecular weight is 254 g/mol. The van der Waals surface area contributed by atoms with Crippen LogP contribution in [0.4, 0.5) is 0 Å². The molecule has 98 valence electrons. The fraction of sp³-hybridized carbons (Fsp3) is 0.600. The van der Waals surface area contributed by atoms with Crippen LogP contribution in [0.5, 0.6) is 0 Å². The van der Waals surface area contributed by atoms with Crippen LogP contribution in [-0.4, -0.2) is 51.2 Å². The fourth-order valence-electron chi connectivity index (χ4n) is 1.75. The van der Waals surface area contributed by atoms with E-state index in [4.69, 9.17) is 9.84 Å². The zero-order valence-corrected chi connectivity index (χ0v) is 9.87. The summed E-state index contributed by atoms with van der Waals surface area (Å²) in [6.07, 6.45) is 3.09. The number of hydrogen-bond donors (Lipinski definition) is 2. The summed E-state index contributed by atoms with van der Waals surface area (Å²) in [7, 11) is 1.64. The number of hydrogen-bond acceptors (Lipinski definition) is 5. The van der Waals surface area contributed by atoms with E-state index in [0.29, 0.717) is 0 Å². The monoisotopic (exact) mass is 254 g/mol. The van der Waals surface area contributed by atoms with Gasteiger partial charge in [-0.25, -0.2) is 4.68 Å². The number of amides is 1. The van der Waals surface area contributed by atoms with Crippen molar-refractivity contribution in [2.24, 2.45) is 0 Å². The molecule has 2 rings (SSSR count). The number of ether oxygens (including phenoxy) is 1. The number of methoxy groups -OCH3 is 1. The van der Waals surface area contributed by atoms with Crippen LogP contribution in [0.15, 0.2) is 6.20 Å². The van der Waals surface area contributed by atoms with Gasteiger partial charge in [-0.1, -0.05) is 5.21 Å². The molecule has 1 aliphatic rings. The van der Waals surface area contributed by atoms with Crippen LogP contribution >= 0.6 is 0 Å². The normalized spacial score (nSPS) is 22.3. The second-order valence-electron chi connectivity index (χ2n) is 4.19. The van der Waals surface area contributed by atoms with E-state index in [2.05, 4.69) is 15.6 Å². The Labute approximate surface area is 103 Å². The molecule has 0 saturated heterocycles. The number of carbonyl (C=O) groups excluding carboxylic acids is 1. The van der Waals surface area contributed by atoms with Crippen LogP contribution in [0.3, 0.4) is 0 Å². The van der Waals surface area contributed by atoms with Crippen LogP contribution < -0.4 is 5.32 Å². The Bertz CT molecular complexity index is 452. The molecule has 1 fully saturated rings. The Morgan fingerprint density at radius 3 is 2.94 bits per heavy atom. The van der Waals surface area contributed by atoms with Gasteiger partial charge in [-0.2, -0.15) is 0 Å². The maximum absolute atomic E-state index is 11.7. The van der Waals surface area contributed by atoms with Crippen molar-refractivity contribution in [1.82, 2.24) is 20.3 Å². The van der Waals surface area contributed by atoms with E-state index < -0.39 is 5.97 Å². The van der Waals surface area contributed by atoms with E-state index in [-0.39, 0.29) is 30.3 Å². The van der Waals surface area contributed by atoms with E-state index in [1.54, 1.807) is 7.11 Å². The molecule has 18 heavy (non-hydrogen) atoms. The molecule has 1 aromatic heterocycles. The van der Waals surface area contributed by atoms with Crippen LogP contribution in [0, 0.1) is 0 Å². The van der Waals surface area contributed by atoms with E-state index in [9.17, 15) is 9.59 Å². The molecular weight excluding hydrogens is 240 g/mol. The molecule has 1 aromatic rings. The lowest BCUT2D eigenvalue weighted by Gasteiger charge is -2.34. The van der Waals surface area contributed by atoms with Gasteiger partial charge in [-0.3, -0.25) is 9.59 Å². The number of carbonyl (C=O) groups is 2. The molecule has 0 aromatic carbocycles. The summed E-state index contributed by atoms with van der Waals surface area (Å²) in [5.41, 5.74) is 0.122. The molecule has 1 heterocycles. The second-order valence-corrected chi connectivity index (χ2v) is 4.19. The van der Waals surface area contributed by atoms with Crippen LogP contribution in [0.2, 0.25) is 0 Å². The van der Waals surface area contributed by atoms with Gasteiger partial charge >= 0.3 is 5.97 Å². The van der Waals surface area contributed by atoms with Gasteiger partial charge in [0, 0.05) is 13.2 Å². The summed E-state index contributed by atoms with van der Waals surface area (Å²) in [5, 5.41) is 18.5. The standard InChI is InChI=1S/C10H14N4O4/c1-18-7-2-6(3-7)11-10(17)8-4-14(13-12-8)5-9(15)16/h4,6-7H,2-3,5H2,1H3,(H,11,17)(H,15,16). The number of rotatable bonds is 5. The maximum atomic E-state index is 11.7. The highest BCUT2D eigenvalue weighted by atomic mass is 16.5. The lowest BCUT2D eigenvalue weighted by atomic mass is 9.89. The molecular formula is C10H14N4O4. The Kier molecular flexibility index (Phi) is 3.56. The summed E-state index contributed by atoms with van der Waals surface area (Å²) in [6, 6.07) is 0.0899. The first-order chi connectivity index (χ1) is 8.58. The second kappa shape index (κ2) is 5.13. The SMILES string of the molecule is COC1CC(NC(=O)c2cn(CC(=O)O)nn2)C1. The predicted octanol–water partition coefficient (Wildman–Crippen LogP) is -0.730. The van der Waals surface area contributed by atoms with E-state index >= 15 is 0 Å². The number of nitrogens with one attached hydrogen (secondary N) is 1. The number of carboxylic acids is 1. The van der Waals surface area contributed by atoms with Crippen molar-refractivity contribution in [3.63, 3.8) is 0 Å². The summed E-state index contributed by atoms with van der Waals surface area (Å²) >= 11 is 0. The van der Waals surface area contributed by atoms with Gasteiger partial charge in [0.05, 0.1) is 12.3 Å². The first-order valence-corrected chi connectivity index (χ1v) is 5.54. The summed E-state index contributed by atoms with van der Waals surface area (Å²) < 4.78 is 6.21. The fourth-order valence-corrected chi connectivity index (χ4v) is 1.75. The predicted molar refractivity (Wildman–Crippen MR) is 58.9 cm³/mol. The minimum absolute atomic E-state index is 0.0899. The average Bonchev–Trinajstić information content (AvgIpc) is 2.69. The lowest BCUT2D eigenvalue weighted by molar-refractivity contribution is -0.137. The van der Waals surface area contributed by atoms with Gasteiger partial charge in [-0.15, -0.1) is 5.10 Å². The van der Waals surface area contributed by atoms with Crippen LogP contribution in [0.1, 0.15) is 23.3 Å². The van der Waals surface area contributed by atoms with Crippen molar-refractivity contribution >= 4 is 11.9 Å². The van der Waals surface area contributed by atoms with Crippen molar-refractivity contribution in [3.8, 4) is 0 Å². The molecule has 8 heteroatoms. The molecule has 1 aliphatic carbocycles. The smallest absolute Gasteiger partial charge is 0.325 e. The molecule has 0 radical (unpaired) electrons. The molecule has 0 aliphatic heterocycles. The third-order valence-electron chi connectivity index (χ3n) is 2.83. The number of aromatic nitrogens is 3. The third kappa shape index (κ3) is 2.83. The van der Waals surface area contributed by atoms with Crippen molar-refractivity contribution < 1.29 is 19.4 Å². The summed E-state index contributed by atoms with van der Waals surface area (Å²) in [5.74, 6) is -1.38. The van der Waals surface area contributed by atoms with E-state index in [1.165, 1.54) is 6.20 Å². The van der Waals surface area contributed by atoms with Gasteiger partial charge in [-0.05, 0) is 12.8 Å². The molecule has 0 bridgehead atoms. The van der Waals surface area contributed by atoms with Crippen LogP contribution in [0.25, 0.3) is 0 Å². The molecule has 0 unspecified atom stereocenters. The first-order valence-electron chi connectivity index (χ1n) is 5.54. The van der Waals surface area contributed by atoms with Crippen molar-refractivity contribution in [2.45, 2.75) is 31.5 Å². The quantitative estimate of drug-likeness (QED) is 0.717. The summed E-state index contributed by atoms with van der Waals surface area (Å²) in [4.78, 5) is 22.2. The van der Waals surface area contributed by atoms with Gasteiger partial charge in [0.1, 0.15) is 6.54 Å². The first kappa shape index (κ1) is 12.5. The van der Waals surface area contributed by atoms with Gasteiger partial charge in [0.2, 0.25) is 0 Å². The Morgan fingerprint density at radius 2 is 2.33 bits per heavy atom. The number of nitrogens with zero attached hydrogens (tertiary/aromatic N) is 3. The zero-order chi connectivity index (χ0) is 13.1. The summed E-state index contributed by atoms with van der Waals surface area (Å²) in [6.45, 7) is -0.310. The van der Waals surface area contributed by atoms with Crippen molar-refractivity contribution in [2.75, 3.05) is 7.11 Å². The highest BCUT2D eigenvalue weighted by Crippen LogP contribution is 2.22. The Hall–Kier alpha value is -1.96. The molecule has 0 atom stereocenters. The molecule has 1 saturated carbocycles. The number of aliphatic carboxylic acids is 1. The lowest BCUT2D eigenvalue weighted by Crippen LogP contribution is -2.47. The molecule has 2 N–H and O–H groups in total. The van der Waals surface area contributed by atoms with E-state index in [0.717, 1.165) is 17.5 Å². The third-order valence-corrected chi connectivity index (χ3v) is 2.83. The molecule has 0 spiro atoms. The Morgan fingerprint density at radius 1 is 1.61 bits per heavy atom. The highest BCUT2D eigenvalue weighted by Gasteiger charge is 2.30. The van der Waals surface area contributed by atoms with Crippen molar-refractivity contribution in [1.29, 1.82) is 0 Å². The topological polar surface area (TPSA) is 106 Å². The van der Waals surface area contributed by atoms with E-state index in [1.807, 2.05) is 0 Å². The zero-order valence-electron chi connectivity index (χ0n) is 9.87.